The van der Waals surface area contributed by atoms with Crippen molar-refractivity contribution in [2.45, 2.75) is 6.92 Å². The number of aromatic nitrogens is 1. The second-order valence-corrected chi connectivity index (χ2v) is 6.25. The van der Waals surface area contributed by atoms with Crippen LogP contribution in [0.2, 0.25) is 5.02 Å². The minimum atomic E-state index is -0.578. The van der Waals surface area contributed by atoms with E-state index in [2.05, 4.69) is 26.4 Å². The summed E-state index contributed by atoms with van der Waals surface area (Å²) in [5.74, 6) is -0.769. The quantitative estimate of drug-likeness (QED) is 0.625. The van der Waals surface area contributed by atoms with Gasteiger partial charge in [0.25, 0.3) is 5.91 Å². The van der Waals surface area contributed by atoms with Gasteiger partial charge in [0.15, 0.2) is 0 Å². The second kappa shape index (κ2) is 6.75. The third-order valence-corrected chi connectivity index (χ3v) is 4.42. The Morgan fingerprint density at radius 2 is 2.00 bits per heavy atom. The molecule has 0 saturated heterocycles. The standard InChI is InChI=1S/C17H11BrClFN2O2/c1-9-14(17(23)21-13-8-3-2-5-10(13)18)16(22-24-9)15-11(19)6-4-7-12(15)20/h2-8H,1H3,(H,21,23). The number of nitrogens with one attached hydrogen (secondary N) is 1. The van der Waals surface area contributed by atoms with E-state index in [0.717, 1.165) is 4.47 Å². The molecule has 122 valence electrons. The highest BCUT2D eigenvalue weighted by molar-refractivity contribution is 9.10. The van der Waals surface area contributed by atoms with Gasteiger partial charge in [0.2, 0.25) is 0 Å². The van der Waals surface area contributed by atoms with Crippen LogP contribution in [0, 0.1) is 12.7 Å². The third kappa shape index (κ3) is 3.07. The number of halogens is 3. The van der Waals surface area contributed by atoms with Gasteiger partial charge < -0.3 is 9.84 Å². The average molecular weight is 410 g/mol. The molecule has 0 bridgehead atoms. The zero-order chi connectivity index (χ0) is 17.3. The Bertz CT molecular complexity index is 906. The van der Waals surface area contributed by atoms with Crippen LogP contribution in [0.25, 0.3) is 11.3 Å². The van der Waals surface area contributed by atoms with Gasteiger partial charge in [-0.05, 0) is 47.1 Å². The van der Waals surface area contributed by atoms with Crippen molar-refractivity contribution in [3.8, 4) is 11.3 Å². The molecular formula is C17H11BrClFN2O2. The molecule has 0 aliphatic rings. The molecule has 1 heterocycles. The topological polar surface area (TPSA) is 55.1 Å². The molecule has 0 aliphatic heterocycles. The molecule has 0 aliphatic carbocycles. The predicted octanol–water partition coefficient (Wildman–Crippen LogP) is 5.46. The van der Waals surface area contributed by atoms with Gasteiger partial charge in [-0.15, -0.1) is 0 Å². The maximum absolute atomic E-state index is 14.2. The Balaban J connectivity index is 2.05. The van der Waals surface area contributed by atoms with Gasteiger partial charge in [-0.2, -0.15) is 0 Å². The number of amides is 1. The van der Waals surface area contributed by atoms with E-state index in [1.165, 1.54) is 18.2 Å². The fourth-order valence-electron chi connectivity index (χ4n) is 2.28. The van der Waals surface area contributed by atoms with Crippen LogP contribution in [0.15, 0.2) is 51.5 Å². The van der Waals surface area contributed by atoms with Gasteiger partial charge in [0, 0.05) is 4.47 Å². The lowest BCUT2D eigenvalue weighted by Crippen LogP contribution is -2.14. The first-order chi connectivity index (χ1) is 11.5. The molecule has 24 heavy (non-hydrogen) atoms. The van der Waals surface area contributed by atoms with E-state index < -0.39 is 11.7 Å². The van der Waals surface area contributed by atoms with Crippen LogP contribution >= 0.6 is 27.5 Å². The maximum Gasteiger partial charge on any atom is 0.261 e. The van der Waals surface area contributed by atoms with Gasteiger partial charge in [-0.1, -0.05) is 35.0 Å². The molecule has 0 atom stereocenters. The Kier molecular flexibility index (Phi) is 4.69. The highest BCUT2D eigenvalue weighted by Crippen LogP contribution is 2.34. The summed E-state index contributed by atoms with van der Waals surface area (Å²) in [6.07, 6.45) is 0. The van der Waals surface area contributed by atoms with Gasteiger partial charge >= 0.3 is 0 Å². The number of carbonyl (C=O) groups is 1. The number of nitrogens with zero attached hydrogens (tertiary/aromatic N) is 1. The van der Waals surface area contributed by atoms with Crippen molar-refractivity contribution in [2.75, 3.05) is 5.32 Å². The van der Waals surface area contributed by atoms with Crippen LogP contribution in [0.1, 0.15) is 16.1 Å². The SMILES string of the molecule is Cc1onc(-c2c(F)cccc2Cl)c1C(=O)Nc1ccccc1Br. The monoisotopic (exact) mass is 408 g/mol. The number of hydrogen-bond acceptors (Lipinski definition) is 3. The Morgan fingerprint density at radius 3 is 2.71 bits per heavy atom. The van der Waals surface area contributed by atoms with Crippen LogP contribution < -0.4 is 5.32 Å². The summed E-state index contributed by atoms with van der Waals surface area (Å²) in [6.45, 7) is 1.58. The Morgan fingerprint density at radius 1 is 1.25 bits per heavy atom. The highest BCUT2D eigenvalue weighted by Gasteiger charge is 2.25. The van der Waals surface area contributed by atoms with E-state index in [-0.39, 0.29) is 27.6 Å². The minimum Gasteiger partial charge on any atom is -0.360 e. The fraction of sp³-hybridized carbons (Fsp3) is 0.0588. The number of anilines is 1. The first-order valence-corrected chi connectivity index (χ1v) is 8.12. The van der Waals surface area contributed by atoms with Crippen LogP contribution in [0.3, 0.4) is 0 Å². The maximum atomic E-state index is 14.2. The van der Waals surface area contributed by atoms with E-state index in [4.69, 9.17) is 16.1 Å². The number of benzene rings is 2. The molecule has 0 spiro atoms. The van der Waals surface area contributed by atoms with Gasteiger partial charge in [-0.25, -0.2) is 4.39 Å². The predicted molar refractivity (Wildman–Crippen MR) is 93.7 cm³/mol. The van der Waals surface area contributed by atoms with Crippen molar-refractivity contribution in [3.05, 3.63) is 69.1 Å². The lowest BCUT2D eigenvalue weighted by molar-refractivity contribution is 0.102. The summed E-state index contributed by atoms with van der Waals surface area (Å²) in [6, 6.07) is 11.4. The Labute approximate surface area is 150 Å². The number of rotatable bonds is 3. The summed E-state index contributed by atoms with van der Waals surface area (Å²) in [5.41, 5.74) is 0.819. The van der Waals surface area contributed by atoms with Crippen LogP contribution in [0.4, 0.5) is 10.1 Å². The molecule has 0 saturated carbocycles. The molecule has 2 aromatic carbocycles. The number of aryl methyl sites for hydroxylation is 1. The van der Waals surface area contributed by atoms with E-state index in [0.29, 0.717) is 5.69 Å². The zero-order valence-electron chi connectivity index (χ0n) is 12.4. The van der Waals surface area contributed by atoms with Crippen LogP contribution in [-0.4, -0.2) is 11.1 Å². The van der Waals surface area contributed by atoms with E-state index >= 15 is 0 Å². The van der Waals surface area contributed by atoms with Gasteiger partial charge in [0.05, 0.1) is 16.3 Å². The molecule has 4 nitrogen and oxygen atoms in total. The molecular weight excluding hydrogens is 399 g/mol. The molecule has 1 N–H and O–H groups in total. The van der Waals surface area contributed by atoms with Crippen LogP contribution in [-0.2, 0) is 0 Å². The first-order valence-electron chi connectivity index (χ1n) is 6.95. The first kappa shape index (κ1) is 16.7. The van der Waals surface area contributed by atoms with Crippen molar-refractivity contribution in [1.82, 2.24) is 5.16 Å². The lowest BCUT2D eigenvalue weighted by atomic mass is 10.0. The van der Waals surface area contributed by atoms with Crippen LogP contribution in [0.5, 0.6) is 0 Å². The molecule has 1 amide bonds. The molecule has 0 radical (unpaired) electrons. The van der Waals surface area contributed by atoms with Gasteiger partial charge in [-0.3, -0.25) is 4.79 Å². The molecule has 0 unspecified atom stereocenters. The molecule has 3 rings (SSSR count). The number of hydrogen-bond donors (Lipinski definition) is 1. The number of para-hydroxylation sites is 1. The zero-order valence-corrected chi connectivity index (χ0v) is 14.8. The summed E-state index contributed by atoms with van der Waals surface area (Å²) in [4.78, 5) is 12.7. The smallest absolute Gasteiger partial charge is 0.261 e. The summed E-state index contributed by atoms with van der Waals surface area (Å²) in [7, 11) is 0. The lowest BCUT2D eigenvalue weighted by Gasteiger charge is -2.08. The summed E-state index contributed by atoms with van der Waals surface area (Å²) < 4.78 is 20.0. The van der Waals surface area contributed by atoms with Crippen molar-refractivity contribution in [2.24, 2.45) is 0 Å². The van der Waals surface area contributed by atoms with Crippen molar-refractivity contribution in [1.29, 1.82) is 0 Å². The summed E-state index contributed by atoms with van der Waals surface area (Å²) in [5, 5.41) is 6.72. The van der Waals surface area contributed by atoms with Gasteiger partial charge in [0.1, 0.15) is 22.8 Å². The fourth-order valence-corrected chi connectivity index (χ4v) is 2.92. The normalized spacial score (nSPS) is 10.7. The van der Waals surface area contributed by atoms with E-state index in [1.54, 1.807) is 25.1 Å². The Hall–Kier alpha value is -2.18. The highest BCUT2D eigenvalue weighted by atomic mass is 79.9. The van der Waals surface area contributed by atoms with E-state index in [1.807, 2.05) is 6.07 Å². The minimum absolute atomic E-state index is 0.0355. The number of carbonyl (C=O) groups excluding carboxylic acids is 1. The largest absolute Gasteiger partial charge is 0.360 e. The second-order valence-electron chi connectivity index (χ2n) is 4.99. The molecule has 0 fully saturated rings. The van der Waals surface area contributed by atoms with Crippen molar-refractivity contribution in [3.63, 3.8) is 0 Å². The van der Waals surface area contributed by atoms with E-state index in [9.17, 15) is 9.18 Å². The summed E-state index contributed by atoms with van der Waals surface area (Å²) >= 11 is 9.43. The van der Waals surface area contributed by atoms with Crippen molar-refractivity contribution >= 4 is 39.1 Å². The molecule has 1 aromatic heterocycles. The third-order valence-electron chi connectivity index (χ3n) is 3.41. The molecule has 3 aromatic rings. The average Bonchev–Trinajstić information content (AvgIpc) is 2.91. The molecule has 7 heteroatoms. The van der Waals surface area contributed by atoms with Crippen molar-refractivity contribution < 1.29 is 13.7 Å².